The number of aromatic nitrogens is 1. The molecule has 0 saturated carbocycles. The first-order valence-corrected chi connectivity index (χ1v) is 4.83. The van der Waals surface area contributed by atoms with Crippen molar-refractivity contribution in [1.82, 2.24) is 4.98 Å². The summed E-state index contributed by atoms with van der Waals surface area (Å²) in [6.07, 6.45) is 1.83. The molecule has 72 valence electrons. The highest BCUT2D eigenvalue weighted by molar-refractivity contribution is 5.88. The molecule has 2 nitrogen and oxygen atoms in total. The molecule has 0 aliphatic carbocycles. The monoisotopic (exact) mass is 186 g/mol. The Balaban J connectivity index is 2.83. The first-order chi connectivity index (χ1) is 6.70. The third-order valence-corrected chi connectivity index (χ3v) is 2.45. The molecule has 0 aliphatic rings. The maximum atomic E-state index is 5.88. The fourth-order valence-electron chi connectivity index (χ4n) is 1.81. The van der Waals surface area contributed by atoms with Gasteiger partial charge in [0.25, 0.3) is 0 Å². The third-order valence-electron chi connectivity index (χ3n) is 2.45. The number of hydrogen-bond donors (Lipinski definition) is 1. The van der Waals surface area contributed by atoms with Gasteiger partial charge in [-0.3, -0.25) is 0 Å². The second kappa shape index (κ2) is 3.29. The summed E-state index contributed by atoms with van der Waals surface area (Å²) in [5.74, 6) is 1.06. The fourth-order valence-corrected chi connectivity index (χ4v) is 1.81. The van der Waals surface area contributed by atoms with E-state index in [-0.39, 0.29) is 0 Å². The SMILES string of the molecule is CC(C)c1c(N)ncc2ccccc12. The quantitative estimate of drug-likeness (QED) is 0.743. The summed E-state index contributed by atoms with van der Waals surface area (Å²) in [4.78, 5) is 4.21. The molecule has 0 aliphatic heterocycles. The summed E-state index contributed by atoms with van der Waals surface area (Å²) >= 11 is 0. The van der Waals surface area contributed by atoms with Crippen molar-refractivity contribution in [2.75, 3.05) is 5.73 Å². The van der Waals surface area contributed by atoms with Crippen molar-refractivity contribution in [2.24, 2.45) is 0 Å². The van der Waals surface area contributed by atoms with Gasteiger partial charge in [0.15, 0.2) is 0 Å². The number of nitrogen functional groups attached to an aromatic ring is 1. The lowest BCUT2D eigenvalue weighted by atomic mass is 9.98. The predicted molar refractivity (Wildman–Crippen MR) is 60.2 cm³/mol. The van der Waals surface area contributed by atoms with Gasteiger partial charge in [-0.05, 0) is 11.3 Å². The van der Waals surface area contributed by atoms with Crippen LogP contribution in [0, 0.1) is 0 Å². The van der Waals surface area contributed by atoms with Crippen LogP contribution in [0.4, 0.5) is 5.82 Å². The molecule has 2 rings (SSSR count). The fraction of sp³-hybridized carbons (Fsp3) is 0.250. The minimum absolute atomic E-state index is 0.411. The minimum Gasteiger partial charge on any atom is -0.383 e. The lowest BCUT2D eigenvalue weighted by Crippen LogP contribution is -2.00. The van der Waals surface area contributed by atoms with E-state index in [0.29, 0.717) is 11.7 Å². The molecular weight excluding hydrogens is 172 g/mol. The lowest BCUT2D eigenvalue weighted by molar-refractivity contribution is 0.873. The Labute approximate surface area is 83.8 Å². The molecule has 2 heteroatoms. The summed E-state index contributed by atoms with van der Waals surface area (Å²) in [5.41, 5.74) is 7.03. The van der Waals surface area contributed by atoms with Gasteiger partial charge in [-0.25, -0.2) is 4.98 Å². The molecule has 2 N–H and O–H groups in total. The molecule has 0 saturated heterocycles. The van der Waals surface area contributed by atoms with Crippen molar-refractivity contribution in [2.45, 2.75) is 19.8 Å². The van der Waals surface area contributed by atoms with Gasteiger partial charge in [-0.1, -0.05) is 38.1 Å². The van der Waals surface area contributed by atoms with Crippen LogP contribution in [0.2, 0.25) is 0 Å². The topological polar surface area (TPSA) is 38.9 Å². The van der Waals surface area contributed by atoms with E-state index in [1.54, 1.807) is 0 Å². The van der Waals surface area contributed by atoms with E-state index < -0.39 is 0 Å². The van der Waals surface area contributed by atoms with Crippen LogP contribution >= 0.6 is 0 Å². The van der Waals surface area contributed by atoms with Crippen LogP contribution in [0.3, 0.4) is 0 Å². The molecule has 0 radical (unpaired) electrons. The Morgan fingerprint density at radius 3 is 2.64 bits per heavy atom. The van der Waals surface area contributed by atoms with E-state index in [1.165, 1.54) is 5.39 Å². The van der Waals surface area contributed by atoms with Crippen LogP contribution < -0.4 is 5.73 Å². The van der Waals surface area contributed by atoms with Gasteiger partial charge < -0.3 is 5.73 Å². The second-order valence-electron chi connectivity index (χ2n) is 3.80. The Hall–Kier alpha value is -1.57. The molecule has 2 aromatic rings. The smallest absolute Gasteiger partial charge is 0.127 e. The van der Waals surface area contributed by atoms with Gasteiger partial charge in [-0.2, -0.15) is 0 Å². The van der Waals surface area contributed by atoms with Gasteiger partial charge in [0.2, 0.25) is 0 Å². The molecular formula is C12H14N2. The van der Waals surface area contributed by atoms with Gasteiger partial charge in [0.1, 0.15) is 5.82 Å². The van der Waals surface area contributed by atoms with E-state index in [4.69, 9.17) is 5.73 Å². The van der Waals surface area contributed by atoms with Gasteiger partial charge >= 0.3 is 0 Å². The number of rotatable bonds is 1. The number of pyridine rings is 1. The molecule has 0 fully saturated rings. The highest BCUT2D eigenvalue weighted by Crippen LogP contribution is 2.28. The number of benzene rings is 1. The minimum atomic E-state index is 0.411. The van der Waals surface area contributed by atoms with Crippen LogP contribution in [0.25, 0.3) is 10.8 Å². The molecule has 14 heavy (non-hydrogen) atoms. The largest absolute Gasteiger partial charge is 0.383 e. The molecule has 0 atom stereocenters. The van der Waals surface area contributed by atoms with E-state index in [0.717, 1.165) is 10.9 Å². The van der Waals surface area contributed by atoms with E-state index in [1.807, 2.05) is 18.3 Å². The number of hydrogen-bond acceptors (Lipinski definition) is 2. The predicted octanol–water partition coefficient (Wildman–Crippen LogP) is 2.94. The first kappa shape index (κ1) is 9.00. The van der Waals surface area contributed by atoms with E-state index in [9.17, 15) is 0 Å². The van der Waals surface area contributed by atoms with E-state index >= 15 is 0 Å². The second-order valence-corrected chi connectivity index (χ2v) is 3.80. The van der Waals surface area contributed by atoms with Crippen molar-refractivity contribution >= 4 is 16.6 Å². The van der Waals surface area contributed by atoms with Crippen LogP contribution in [0.15, 0.2) is 30.5 Å². The third kappa shape index (κ3) is 1.33. The standard InChI is InChI=1S/C12H14N2/c1-8(2)11-10-6-4-3-5-9(10)7-14-12(11)13/h3-8H,1-2H3,(H2,13,14). The Morgan fingerprint density at radius 2 is 1.93 bits per heavy atom. The van der Waals surface area contributed by atoms with Crippen molar-refractivity contribution in [3.8, 4) is 0 Å². The maximum Gasteiger partial charge on any atom is 0.127 e. The van der Waals surface area contributed by atoms with Gasteiger partial charge in [0, 0.05) is 17.1 Å². The van der Waals surface area contributed by atoms with Crippen molar-refractivity contribution in [1.29, 1.82) is 0 Å². The van der Waals surface area contributed by atoms with Crippen LogP contribution in [0.1, 0.15) is 25.3 Å². The zero-order valence-corrected chi connectivity index (χ0v) is 8.49. The van der Waals surface area contributed by atoms with Crippen molar-refractivity contribution in [3.05, 3.63) is 36.0 Å². The molecule has 1 heterocycles. The molecule has 0 spiro atoms. The number of anilines is 1. The normalized spacial score (nSPS) is 11.1. The van der Waals surface area contributed by atoms with Crippen molar-refractivity contribution < 1.29 is 0 Å². The maximum absolute atomic E-state index is 5.88. The number of fused-ring (bicyclic) bond motifs is 1. The molecule has 1 aromatic carbocycles. The van der Waals surface area contributed by atoms with Crippen molar-refractivity contribution in [3.63, 3.8) is 0 Å². The van der Waals surface area contributed by atoms with E-state index in [2.05, 4.69) is 31.0 Å². The van der Waals surface area contributed by atoms with Gasteiger partial charge in [0.05, 0.1) is 0 Å². The number of nitrogens with two attached hydrogens (primary N) is 1. The molecule has 0 amide bonds. The lowest BCUT2D eigenvalue weighted by Gasteiger charge is -2.11. The van der Waals surface area contributed by atoms with Gasteiger partial charge in [-0.15, -0.1) is 0 Å². The Kier molecular flexibility index (Phi) is 2.12. The Bertz CT molecular complexity index is 461. The molecule has 0 unspecified atom stereocenters. The summed E-state index contributed by atoms with van der Waals surface area (Å²) in [7, 11) is 0. The molecule has 1 aromatic heterocycles. The highest BCUT2D eigenvalue weighted by atomic mass is 14.8. The van der Waals surface area contributed by atoms with Crippen LogP contribution in [-0.2, 0) is 0 Å². The molecule has 0 bridgehead atoms. The van der Waals surface area contributed by atoms with Crippen LogP contribution in [0.5, 0.6) is 0 Å². The summed E-state index contributed by atoms with van der Waals surface area (Å²) < 4.78 is 0. The zero-order chi connectivity index (χ0) is 10.1. The number of nitrogens with zero attached hydrogens (tertiary/aromatic N) is 1. The average Bonchev–Trinajstić information content (AvgIpc) is 2.17. The summed E-state index contributed by atoms with van der Waals surface area (Å²) in [5, 5.41) is 2.38. The Morgan fingerprint density at radius 1 is 1.21 bits per heavy atom. The summed E-state index contributed by atoms with van der Waals surface area (Å²) in [6, 6.07) is 8.22. The van der Waals surface area contributed by atoms with Crippen LogP contribution in [-0.4, -0.2) is 4.98 Å². The zero-order valence-electron chi connectivity index (χ0n) is 8.49. The average molecular weight is 186 g/mol. The highest BCUT2D eigenvalue weighted by Gasteiger charge is 2.09. The summed E-state index contributed by atoms with van der Waals surface area (Å²) in [6.45, 7) is 4.28. The first-order valence-electron chi connectivity index (χ1n) is 4.83.